The number of hydrogen-bond acceptors (Lipinski definition) is 4. The van der Waals surface area contributed by atoms with E-state index in [1.54, 1.807) is 0 Å². The zero-order chi connectivity index (χ0) is 11.1. The third kappa shape index (κ3) is 1.62. The minimum atomic E-state index is 0.573. The number of aromatic nitrogens is 2. The van der Waals surface area contributed by atoms with Gasteiger partial charge in [0.15, 0.2) is 0 Å². The van der Waals surface area contributed by atoms with Gasteiger partial charge in [-0.05, 0) is 32.6 Å². The lowest BCUT2D eigenvalue weighted by Gasteiger charge is -2.20. The normalized spacial score (nSPS) is 20.4. The van der Waals surface area contributed by atoms with E-state index >= 15 is 0 Å². The Hall–Kier alpha value is -1.32. The van der Waals surface area contributed by atoms with E-state index in [0.717, 1.165) is 30.3 Å². The molecule has 1 saturated heterocycles. The van der Waals surface area contributed by atoms with Crippen molar-refractivity contribution in [3.8, 4) is 0 Å². The summed E-state index contributed by atoms with van der Waals surface area (Å²) in [5.41, 5.74) is 7.02. The number of nitrogens with two attached hydrogens (primary N) is 1. The first-order chi connectivity index (χ1) is 7.75. The highest BCUT2D eigenvalue weighted by molar-refractivity contribution is 5.57. The van der Waals surface area contributed by atoms with Gasteiger partial charge in [-0.25, -0.2) is 9.97 Å². The summed E-state index contributed by atoms with van der Waals surface area (Å²) in [6.45, 7) is 4.25. The van der Waals surface area contributed by atoms with E-state index in [-0.39, 0.29) is 0 Å². The van der Waals surface area contributed by atoms with Crippen molar-refractivity contribution in [3.63, 3.8) is 0 Å². The molecule has 0 aromatic carbocycles. The predicted octanol–water partition coefficient (Wildman–Crippen LogP) is 1.84. The molecule has 0 amide bonds. The van der Waals surface area contributed by atoms with E-state index in [9.17, 15) is 0 Å². The first kappa shape index (κ1) is 9.87. The van der Waals surface area contributed by atoms with Gasteiger partial charge in [-0.2, -0.15) is 0 Å². The van der Waals surface area contributed by atoms with Gasteiger partial charge in [-0.1, -0.05) is 0 Å². The van der Waals surface area contributed by atoms with Gasteiger partial charge in [0.05, 0.1) is 0 Å². The average molecular weight is 218 g/mol. The Morgan fingerprint density at radius 2 is 1.88 bits per heavy atom. The summed E-state index contributed by atoms with van der Waals surface area (Å²) >= 11 is 0. The van der Waals surface area contributed by atoms with Gasteiger partial charge in [0.25, 0.3) is 0 Å². The maximum absolute atomic E-state index is 5.98. The van der Waals surface area contributed by atoms with Crippen molar-refractivity contribution < 1.29 is 0 Å². The van der Waals surface area contributed by atoms with Gasteiger partial charge in [0.2, 0.25) is 0 Å². The number of nitrogens with zero attached hydrogens (tertiary/aromatic N) is 3. The summed E-state index contributed by atoms with van der Waals surface area (Å²) in [7, 11) is 0. The molecule has 2 heterocycles. The van der Waals surface area contributed by atoms with E-state index in [1.807, 2.05) is 6.92 Å². The van der Waals surface area contributed by atoms with Crippen molar-refractivity contribution in [2.24, 2.45) is 0 Å². The van der Waals surface area contributed by atoms with Crippen molar-refractivity contribution >= 4 is 11.6 Å². The largest absolute Gasteiger partial charge is 0.383 e. The second-order valence-electron chi connectivity index (χ2n) is 4.88. The molecule has 4 nitrogen and oxygen atoms in total. The second kappa shape index (κ2) is 3.61. The van der Waals surface area contributed by atoms with Crippen LogP contribution in [0.1, 0.15) is 43.0 Å². The minimum Gasteiger partial charge on any atom is -0.383 e. The second-order valence-corrected chi connectivity index (χ2v) is 4.88. The van der Waals surface area contributed by atoms with Crippen LogP contribution in [0.25, 0.3) is 0 Å². The van der Waals surface area contributed by atoms with Crippen LogP contribution in [0.3, 0.4) is 0 Å². The molecule has 2 aliphatic rings. The molecule has 4 heteroatoms. The summed E-state index contributed by atoms with van der Waals surface area (Å²) in [4.78, 5) is 11.5. The lowest BCUT2D eigenvalue weighted by molar-refractivity contribution is 0.866. The summed E-state index contributed by atoms with van der Waals surface area (Å²) < 4.78 is 0. The highest BCUT2D eigenvalue weighted by Crippen LogP contribution is 2.39. The van der Waals surface area contributed by atoms with Gasteiger partial charge < -0.3 is 10.6 Å². The summed E-state index contributed by atoms with van der Waals surface area (Å²) in [6, 6.07) is 0. The van der Waals surface area contributed by atoms with Gasteiger partial charge >= 0.3 is 0 Å². The van der Waals surface area contributed by atoms with Crippen LogP contribution in [0, 0.1) is 6.92 Å². The molecule has 2 fully saturated rings. The Labute approximate surface area is 95.9 Å². The quantitative estimate of drug-likeness (QED) is 0.823. The van der Waals surface area contributed by atoms with Gasteiger partial charge in [-0.3, -0.25) is 0 Å². The van der Waals surface area contributed by atoms with Crippen LogP contribution in [-0.2, 0) is 0 Å². The van der Waals surface area contributed by atoms with Crippen LogP contribution in [0.2, 0.25) is 0 Å². The van der Waals surface area contributed by atoms with E-state index in [2.05, 4.69) is 9.88 Å². The molecule has 0 unspecified atom stereocenters. The van der Waals surface area contributed by atoms with Crippen LogP contribution in [0.5, 0.6) is 0 Å². The molecule has 1 aromatic rings. The minimum absolute atomic E-state index is 0.573. The monoisotopic (exact) mass is 218 g/mol. The fourth-order valence-corrected chi connectivity index (χ4v) is 2.30. The molecule has 0 atom stereocenters. The molecule has 3 rings (SSSR count). The predicted molar refractivity (Wildman–Crippen MR) is 64.6 cm³/mol. The fraction of sp³-hybridized carbons (Fsp3) is 0.667. The molecule has 1 aliphatic heterocycles. The Morgan fingerprint density at radius 1 is 1.19 bits per heavy atom. The molecule has 0 radical (unpaired) electrons. The molecule has 16 heavy (non-hydrogen) atoms. The van der Waals surface area contributed by atoms with Crippen LogP contribution >= 0.6 is 0 Å². The summed E-state index contributed by atoms with van der Waals surface area (Å²) in [6.07, 6.45) is 4.98. The van der Waals surface area contributed by atoms with E-state index in [0.29, 0.717) is 11.7 Å². The Bertz CT molecular complexity index is 406. The van der Waals surface area contributed by atoms with E-state index in [4.69, 9.17) is 10.7 Å². The lowest BCUT2D eigenvalue weighted by atomic mass is 10.2. The van der Waals surface area contributed by atoms with Crippen LogP contribution in [-0.4, -0.2) is 23.1 Å². The van der Waals surface area contributed by atoms with E-state index < -0.39 is 0 Å². The van der Waals surface area contributed by atoms with Crippen molar-refractivity contribution in [1.29, 1.82) is 0 Å². The average Bonchev–Trinajstić information content (AvgIpc) is 2.98. The van der Waals surface area contributed by atoms with Gasteiger partial charge in [0.1, 0.15) is 17.5 Å². The SMILES string of the molecule is Cc1c(N)nc(C2CC2)nc1N1CCCC1. The number of nitrogen functional groups attached to an aromatic ring is 1. The Balaban J connectivity index is 2.00. The fourth-order valence-electron chi connectivity index (χ4n) is 2.30. The van der Waals surface area contributed by atoms with Crippen molar-refractivity contribution in [2.45, 2.75) is 38.5 Å². The van der Waals surface area contributed by atoms with Crippen molar-refractivity contribution in [1.82, 2.24) is 9.97 Å². The van der Waals surface area contributed by atoms with Gasteiger partial charge in [-0.15, -0.1) is 0 Å². The van der Waals surface area contributed by atoms with Crippen LogP contribution in [0.15, 0.2) is 0 Å². The molecular weight excluding hydrogens is 200 g/mol. The van der Waals surface area contributed by atoms with Gasteiger partial charge in [0, 0.05) is 24.6 Å². The smallest absolute Gasteiger partial charge is 0.137 e. The number of anilines is 2. The van der Waals surface area contributed by atoms with Crippen LogP contribution < -0.4 is 10.6 Å². The molecule has 86 valence electrons. The molecule has 1 aromatic heterocycles. The molecule has 0 spiro atoms. The zero-order valence-corrected chi connectivity index (χ0v) is 9.74. The summed E-state index contributed by atoms with van der Waals surface area (Å²) in [5.74, 6) is 3.28. The van der Waals surface area contributed by atoms with E-state index in [1.165, 1.54) is 25.7 Å². The number of rotatable bonds is 2. The highest BCUT2D eigenvalue weighted by atomic mass is 15.2. The Morgan fingerprint density at radius 3 is 2.50 bits per heavy atom. The standard InChI is InChI=1S/C12H18N4/c1-8-10(13)14-11(9-4-5-9)15-12(8)16-6-2-3-7-16/h9H,2-7H2,1H3,(H2,13,14,15). The first-order valence-electron chi connectivity index (χ1n) is 6.14. The lowest BCUT2D eigenvalue weighted by Crippen LogP contribution is -2.22. The maximum Gasteiger partial charge on any atom is 0.137 e. The molecule has 1 aliphatic carbocycles. The van der Waals surface area contributed by atoms with Crippen LogP contribution in [0.4, 0.5) is 11.6 Å². The zero-order valence-electron chi connectivity index (χ0n) is 9.74. The topological polar surface area (TPSA) is 55.0 Å². The third-order valence-corrected chi connectivity index (χ3v) is 3.52. The number of hydrogen-bond donors (Lipinski definition) is 1. The molecule has 1 saturated carbocycles. The molecule has 2 N–H and O–H groups in total. The maximum atomic E-state index is 5.98. The third-order valence-electron chi connectivity index (χ3n) is 3.52. The highest BCUT2D eigenvalue weighted by Gasteiger charge is 2.29. The first-order valence-corrected chi connectivity index (χ1v) is 6.14. The summed E-state index contributed by atoms with van der Waals surface area (Å²) in [5, 5.41) is 0. The molecule has 0 bridgehead atoms. The molecular formula is C12H18N4. The Kier molecular flexibility index (Phi) is 2.23. The van der Waals surface area contributed by atoms with Crippen molar-refractivity contribution in [3.05, 3.63) is 11.4 Å². The van der Waals surface area contributed by atoms with Crippen molar-refractivity contribution in [2.75, 3.05) is 23.7 Å².